The van der Waals surface area contributed by atoms with E-state index in [1.54, 1.807) is 13.8 Å². The van der Waals surface area contributed by atoms with Gasteiger partial charge >= 0.3 is 12.2 Å². The number of cyclic esters (lactones) is 2. The number of alkyl carbamates (subject to hydrolysis) is 1. The molecule has 0 aromatic carbocycles. The third kappa shape index (κ3) is 2.32. The smallest absolute Gasteiger partial charge is 0.417 e. The predicted molar refractivity (Wildman–Crippen MR) is 68.9 cm³/mol. The molecule has 0 aliphatic carbocycles. The highest BCUT2D eigenvalue weighted by Gasteiger charge is 2.52. The number of hydrogen-bond donors (Lipinski definition) is 1. The van der Waals surface area contributed by atoms with Gasteiger partial charge in [0, 0.05) is 0 Å². The van der Waals surface area contributed by atoms with Gasteiger partial charge in [-0.1, -0.05) is 20.8 Å². The van der Waals surface area contributed by atoms with Crippen molar-refractivity contribution in [3.05, 3.63) is 0 Å². The Morgan fingerprint density at radius 3 is 2.20 bits per heavy atom. The van der Waals surface area contributed by atoms with E-state index >= 15 is 0 Å². The highest BCUT2D eigenvalue weighted by atomic mass is 16.6. The number of rotatable bonds is 1. The number of nitrogens with one attached hydrogen (secondary N) is 1. The molecule has 2 aliphatic rings. The second-order valence-electron chi connectivity index (χ2n) is 6.34. The quantitative estimate of drug-likeness (QED) is 0.783. The third-order valence-electron chi connectivity index (χ3n) is 3.63. The topological polar surface area (TPSA) is 84.9 Å². The molecule has 0 radical (unpaired) electrons. The first-order chi connectivity index (χ1) is 9.12. The average Bonchev–Trinajstić information content (AvgIpc) is 2.76. The van der Waals surface area contributed by atoms with Crippen molar-refractivity contribution >= 4 is 18.1 Å². The van der Waals surface area contributed by atoms with Crippen LogP contribution in [0.25, 0.3) is 0 Å². The van der Waals surface area contributed by atoms with Gasteiger partial charge in [-0.2, -0.15) is 0 Å². The molecule has 2 saturated heterocycles. The van der Waals surface area contributed by atoms with Crippen molar-refractivity contribution in [2.45, 2.75) is 58.9 Å². The summed E-state index contributed by atoms with van der Waals surface area (Å²) in [6, 6.07) is -1.24. The van der Waals surface area contributed by atoms with Gasteiger partial charge < -0.3 is 14.8 Å². The molecule has 1 N–H and O–H groups in total. The molecular weight excluding hydrogens is 264 g/mol. The van der Waals surface area contributed by atoms with E-state index in [2.05, 4.69) is 5.32 Å². The molecule has 2 fully saturated rings. The summed E-state index contributed by atoms with van der Waals surface area (Å²) in [6.07, 6.45) is -2.32. The Hall–Kier alpha value is -1.79. The van der Waals surface area contributed by atoms with E-state index < -0.39 is 30.2 Å². The van der Waals surface area contributed by atoms with Crippen LogP contribution in [-0.2, 0) is 14.3 Å². The van der Waals surface area contributed by atoms with Gasteiger partial charge in [0.25, 0.3) is 5.91 Å². The normalized spacial score (nSPS) is 33.8. The molecule has 0 saturated carbocycles. The molecule has 0 aromatic heterocycles. The van der Waals surface area contributed by atoms with E-state index in [1.165, 1.54) is 0 Å². The second-order valence-corrected chi connectivity index (χ2v) is 6.34. The monoisotopic (exact) mass is 284 g/mol. The molecule has 0 aromatic rings. The number of ether oxygens (including phenoxy) is 2. The molecule has 112 valence electrons. The lowest BCUT2D eigenvalue weighted by atomic mass is 9.83. The lowest BCUT2D eigenvalue weighted by Gasteiger charge is -2.34. The van der Waals surface area contributed by atoms with Gasteiger partial charge in [0.05, 0.1) is 6.04 Å². The van der Waals surface area contributed by atoms with E-state index in [9.17, 15) is 14.4 Å². The minimum absolute atomic E-state index is 0.325. The zero-order chi connectivity index (χ0) is 15.2. The van der Waals surface area contributed by atoms with E-state index in [4.69, 9.17) is 9.47 Å². The SMILES string of the molecule is CC1OC(=O)NC1C(=O)N1C(=O)OC(C)C1C(C)(C)C. The highest BCUT2D eigenvalue weighted by molar-refractivity contribution is 5.99. The van der Waals surface area contributed by atoms with Gasteiger partial charge in [-0.15, -0.1) is 0 Å². The van der Waals surface area contributed by atoms with Crippen molar-refractivity contribution in [2.75, 3.05) is 0 Å². The number of carbonyl (C=O) groups excluding carboxylic acids is 3. The summed E-state index contributed by atoms with van der Waals surface area (Å²) in [5, 5.41) is 2.43. The fourth-order valence-corrected chi connectivity index (χ4v) is 2.85. The standard InChI is InChI=1S/C13H20N2O5/c1-6-8(14-11(17)19-6)10(16)15-9(13(3,4)5)7(2)20-12(15)18/h6-9H,1-5H3,(H,14,17). The van der Waals surface area contributed by atoms with Crippen LogP contribution in [0.2, 0.25) is 0 Å². The van der Waals surface area contributed by atoms with Crippen molar-refractivity contribution in [1.82, 2.24) is 10.2 Å². The van der Waals surface area contributed by atoms with Gasteiger partial charge in [-0.05, 0) is 19.3 Å². The summed E-state index contributed by atoms with van der Waals surface area (Å²) < 4.78 is 10.1. The summed E-state index contributed by atoms with van der Waals surface area (Å²) in [7, 11) is 0. The zero-order valence-electron chi connectivity index (χ0n) is 12.3. The van der Waals surface area contributed by atoms with Crippen LogP contribution >= 0.6 is 0 Å². The highest BCUT2D eigenvalue weighted by Crippen LogP contribution is 2.34. The molecule has 2 rings (SSSR count). The molecule has 4 atom stereocenters. The fourth-order valence-electron chi connectivity index (χ4n) is 2.85. The van der Waals surface area contributed by atoms with Crippen LogP contribution in [0.15, 0.2) is 0 Å². The number of hydrogen-bond acceptors (Lipinski definition) is 5. The number of amides is 3. The molecule has 3 amide bonds. The van der Waals surface area contributed by atoms with Crippen LogP contribution < -0.4 is 5.32 Å². The Balaban J connectivity index is 2.27. The maximum atomic E-state index is 12.5. The number of carbonyl (C=O) groups is 3. The predicted octanol–water partition coefficient (Wildman–Crippen LogP) is 1.27. The van der Waals surface area contributed by atoms with E-state index in [1.807, 2.05) is 20.8 Å². The minimum atomic E-state index is -0.856. The van der Waals surface area contributed by atoms with Crippen LogP contribution in [0.1, 0.15) is 34.6 Å². The van der Waals surface area contributed by atoms with Crippen molar-refractivity contribution in [1.29, 1.82) is 0 Å². The van der Waals surface area contributed by atoms with Crippen LogP contribution in [0.5, 0.6) is 0 Å². The third-order valence-corrected chi connectivity index (χ3v) is 3.63. The van der Waals surface area contributed by atoms with Gasteiger partial charge in [0.15, 0.2) is 0 Å². The Morgan fingerprint density at radius 1 is 1.15 bits per heavy atom. The van der Waals surface area contributed by atoms with Gasteiger partial charge in [0.2, 0.25) is 0 Å². The first-order valence-electron chi connectivity index (χ1n) is 6.63. The van der Waals surface area contributed by atoms with Crippen molar-refractivity contribution in [3.8, 4) is 0 Å². The molecule has 2 aliphatic heterocycles. The van der Waals surface area contributed by atoms with E-state index in [0.29, 0.717) is 0 Å². The van der Waals surface area contributed by atoms with Gasteiger partial charge in [-0.3, -0.25) is 4.79 Å². The Kier molecular flexibility index (Phi) is 3.39. The molecule has 20 heavy (non-hydrogen) atoms. The van der Waals surface area contributed by atoms with Crippen LogP contribution in [0, 0.1) is 5.41 Å². The first kappa shape index (κ1) is 14.6. The largest absolute Gasteiger partial charge is 0.444 e. The van der Waals surface area contributed by atoms with Crippen molar-refractivity contribution in [3.63, 3.8) is 0 Å². The van der Waals surface area contributed by atoms with Gasteiger partial charge in [-0.25, -0.2) is 14.5 Å². The lowest BCUT2D eigenvalue weighted by molar-refractivity contribution is -0.133. The Morgan fingerprint density at radius 2 is 1.75 bits per heavy atom. The van der Waals surface area contributed by atoms with Crippen molar-refractivity contribution in [2.24, 2.45) is 5.41 Å². The average molecular weight is 284 g/mol. The van der Waals surface area contributed by atoms with Crippen molar-refractivity contribution < 1.29 is 23.9 Å². The number of nitrogens with zero attached hydrogens (tertiary/aromatic N) is 1. The van der Waals surface area contributed by atoms with E-state index in [0.717, 1.165) is 4.90 Å². The molecule has 4 unspecified atom stereocenters. The zero-order valence-corrected chi connectivity index (χ0v) is 12.3. The first-order valence-corrected chi connectivity index (χ1v) is 6.63. The van der Waals surface area contributed by atoms with Crippen LogP contribution in [0.4, 0.5) is 9.59 Å². The minimum Gasteiger partial charge on any atom is -0.444 e. The summed E-state index contributed by atoms with van der Waals surface area (Å²) >= 11 is 0. The molecule has 7 nitrogen and oxygen atoms in total. The maximum Gasteiger partial charge on any atom is 0.417 e. The summed E-state index contributed by atoms with van der Waals surface area (Å²) in [6.45, 7) is 9.17. The van der Waals surface area contributed by atoms with Crippen LogP contribution in [-0.4, -0.2) is 47.3 Å². The fraction of sp³-hybridized carbons (Fsp3) is 0.769. The molecule has 2 heterocycles. The summed E-state index contributed by atoms with van der Waals surface area (Å²) in [5.74, 6) is -0.488. The lowest BCUT2D eigenvalue weighted by Crippen LogP contribution is -2.55. The molecule has 7 heteroatoms. The molecule has 0 bridgehead atoms. The molecular formula is C13H20N2O5. The summed E-state index contributed by atoms with van der Waals surface area (Å²) in [4.78, 5) is 36.8. The van der Waals surface area contributed by atoms with Gasteiger partial charge in [0.1, 0.15) is 18.2 Å². The Labute approximate surface area is 117 Å². The Bertz CT molecular complexity index is 456. The van der Waals surface area contributed by atoms with E-state index in [-0.39, 0.29) is 17.6 Å². The van der Waals surface area contributed by atoms with Crippen LogP contribution in [0.3, 0.4) is 0 Å². The number of imide groups is 1. The molecule has 0 spiro atoms. The second kappa shape index (κ2) is 4.64. The summed E-state index contributed by atoms with van der Waals surface area (Å²) in [5.41, 5.74) is -0.325. The maximum absolute atomic E-state index is 12.5.